The van der Waals surface area contributed by atoms with Gasteiger partial charge >= 0.3 is 30.1 Å². The maximum absolute atomic E-state index is 14.5. The maximum Gasteiger partial charge on any atom is 0.417 e. The molecule has 0 aliphatic carbocycles. The van der Waals surface area contributed by atoms with Crippen molar-refractivity contribution < 1.29 is 51.3 Å². The average Bonchev–Trinajstić information content (AvgIpc) is 3.01. The monoisotopic (exact) mass is 648 g/mol. The van der Waals surface area contributed by atoms with Gasteiger partial charge in [-0.15, -0.1) is 0 Å². The number of hydrogen-bond donors (Lipinski definition) is 0. The molecule has 0 aromatic heterocycles. The number of halogens is 3. The summed E-state index contributed by atoms with van der Waals surface area (Å²) >= 11 is 0. The van der Waals surface area contributed by atoms with E-state index in [1.54, 1.807) is 6.92 Å². The molecule has 11 heteroatoms. The fourth-order valence-electron chi connectivity index (χ4n) is 3.76. The van der Waals surface area contributed by atoms with Gasteiger partial charge in [-0.3, -0.25) is 0 Å². The van der Waals surface area contributed by atoms with E-state index in [-0.39, 0.29) is 67.5 Å². The van der Waals surface area contributed by atoms with Gasteiger partial charge in [0, 0.05) is 22.3 Å². The van der Waals surface area contributed by atoms with Crippen LogP contribution >= 0.6 is 0 Å². The molecule has 0 bridgehead atoms. The van der Waals surface area contributed by atoms with Gasteiger partial charge < -0.3 is 18.9 Å². The van der Waals surface area contributed by atoms with Crippen molar-refractivity contribution >= 4 is 23.9 Å². The number of rotatable bonds is 10. The van der Waals surface area contributed by atoms with Crippen molar-refractivity contribution in [3.63, 3.8) is 0 Å². The van der Waals surface area contributed by atoms with Crippen LogP contribution in [0.4, 0.5) is 13.2 Å². The van der Waals surface area contributed by atoms with E-state index in [4.69, 9.17) is 18.9 Å². The van der Waals surface area contributed by atoms with Crippen molar-refractivity contribution in [1.82, 2.24) is 0 Å². The number of allylic oxidation sites excluding steroid dienone is 1. The Morgan fingerprint density at radius 2 is 0.957 bits per heavy atom. The molecule has 0 amide bonds. The van der Waals surface area contributed by atoms with E-state index in [9.17, 15) is 32.3 Å². The lowest BCUT2D eigenvalue weighted by atomic mass is 9.94. The predicted octanol–water partition coefficient (Wildman–Crippen LogP) is 8.36. The summed E-state index contributed by atoms with van der Waals surface area (Å²) in [6.45, 7) is 17.8. The number of alkyl halides is 3. The van der Waals surface area contributed by atoms with Crippen LogP contribution < -0.4 is 18.9 Å². The van der Waals surface area contributed by atoms with Crippen LogP contribution in [0.25, 0.3) is 22.3 Å². The molecule has 244 valence electrons. The minimum atomic E-state index is -4.86. The Balaban J connectivity index is 2.17. The Kier molecular flexibility index (Phi) is 11.1. The lowest BCUT2D eigenvalue weighted by Gasteiger charge is -2.18. The highest BCUT2D eigenvalue weighted by atomic mass is 19.4. The van der Waals surface area contributed by atoms with Gasteiger partial charge in [-0.05, 0) is 87.2 Å². The highest BCUT2D eigenvalue weighted by Gasteiger charge is 2.34. The second-order valence-electron chi connectivity index (χ2n) is 10.5. The largest absolute Gasteiger partial charge is 0.419 e. The SMILES string of the molecule is C=C(C)C(=O)Oc1ccc(-c2ccc(-c3ccc(OC(=O)C(=C)C)c(OC(=O)/C(C)=C/C)c3)c(C(F)(F)F)c2)cc1OC(=O)C(=C)C. The first-order valence-electron chi connectivity index (χ1n) is 13.9. The third-order valence-electron chi connectivity index (χ3n) is 6.47. The Bertz CT molecular complexity index is 1850. The summed E-state index contributed by atoms with van der Waals surface area (Å²) in [4.78, 5) is 49.2. The number of hydrogen-bond acceptors (Lipinski definition) is 8. The number of benzene rings is 3. The molecule has 0 saturated heterocycles. The molecule has 0 aliphatic rings. The molecular weight excluding hydrogens is 617 g/mol. The summed E-state index contributed by atoms with van der Waals surface area (Å²) in [6, 6.07) is 11.1. The smallest absolute Gasteiger partial charge is 0.417 e. The predicted molar refractivity (Wildman–Crippen MR) is 169 cm³/mol. The summed E-state index contributed by atoms with van der Waals surface area (Å²) < 4.78 is 64.8. The van der Waals surface area contributed by atoms with Crippen molar-refractivity contribution in [3.8, 4) is 45.3 Å². The molecule has 3 rings (SSSR count). The van der Waals surface area contributed by atoms with Crippen LogP contribution in [-0.2, 0) is 25.4 Å². The first-order valence-corrected chi connectivity index (χ1v) is 13.9. The molecule has 0 atom stereocenters. The van der Waals surface area contributed by atoms with Gasteiger partial charge in [-0.25, -0.2) is 19.2 Å². The lowest BCUT2D eigenvalue weighted by molar-refractivity contribution is -0.137. The zero-order chi connectivity index (χ0) is 35.2. The van der Waals surface area contributed by atoms with Crippen molar-refractivity contribution in [1.29, 1.82) is 0 Å². The number of carbonyl (C=O) groups is 4. The molecule has 0 N–H and O–H groups in total. The summed E-state index contributed by atoms with van der Waals surface area (Å²) in [6.07, 6.45) is -3.38. The van der Waals surface area contributed by atoms with Gasteiger partial charge in [-0.2, -0.15) is 13.2 Å². The standard InChI is InChI=1S/C36H31F3O8/c1-9-22(8)35(43)47-31-18-25(12-15-29(31)45-33(41)20(4)5)26-13-10-23(16-27(26)36(37,38)39)24-11-14-28(44-32(40)19(2)3)30(17-24)46-34(42)21(6)7/h9-18H,2,4,6H2,1,3,5,7-8H3/b22-9+. The quantitative estimate of drug-likeness (QED) is 0.123. The van der Waals surface area contributed by atoms with E-state index in [2.05, 4.69) is 19.7 Å². The fraction of sp³-hybridized carbons (Fsp3) is 0.167. The van der Waals surface area contributed by atoms with Crippen LogP contribution in [0, 0.1) is 0 Å². The van der Waals surface area contributed by atoms with E-state index in [0.717, 1.165) is 12.1 Å². The lowest BCUT2D eigenvalue weighted by Crippen LogP contribution is -2.13. The minimum absolute atomic E-state index is 0.00179. The van der Waals surface area contributed by atoms with Gasteiger partial charge in [0.05, 0.1) is 5.56 Å². The van der Waals surface area contributed by atoms with Crippen LogP contribution in [-0.4, -0.2) is 23.9 Å². The Hall–Kier alpha value is -5.71. The van der Waals surface area contributed by atoms with Crippen molar-refractivity contribution in [2.45, 2.75) is 40.8 Å². The van der Waals surface area contributed by atoms with Gasteiger partial charge in [0.15, 0.2) is 23.0 Å². The van der Waals surface area contributed by atoms with E-state index in [1.807, 2.05) is 0 Å². The number of esters is 4. The molecular formula is C36H31F3O8. The molecule has 0 spiro atoms. The first-order chi connectivity index (χ1) is 21.9. The molecule has 0 aliphatic heterocycles. The summed E-state index contributed by atoms with van der Waals surface area (Å²) in [5.41, 5.74) is -0.711. The molecule has 0 saturated carbocycles. The van der Waals surface area contributed by atoms with Gasteiger partial charge in [0.2, 0.25) is 0 Å². The van der Waals surface area contributed by atoms with E-state index >= 15 is 0 Å². The third-order valence-corrected chi connectivity index (χ3v) is 6.47. The second kappa shape index (κ2) is 14.6. The van der Waals surface area contributed by atoms with Gasteiger partial charge in [-0.1, -0.05) is 50.1 Å². The third kappa shape index (κ3) is 8.94. The fourth-order valence-corrected chi connectivity index (χ4v) is 3.76. The molecule has 0 fully saturated rings. The molecule has 47 heavy (non-hydrogen) atoms. The van der Waals surface area contributed by atoms with E-state index < -0.39 is 35.6 Å². The molecule has 0 heterocycles. The van der Waals surface area contributed by atoms with Crippen molar-refractivity contribution in [3.05, 3.63) is 108 Å². The van der Waals surface area contributed by atoms with Crippen LogP contribution in [0.1, 0.15) is 40.2 Å². The highest BCUT2D eigenvalue weighted by Crippen LogP contribution is 2.43. The Morgan fingerprint density at radius 1 is 0.574 bits per heavy atom. The molecule has 0 unspecified atom stereocenters. The van der Waals surface area contributed by atoms with Crippen LogP contribution in [0.2, 0.25) is 0 Å². The number of carbonyl (C=O) groups excluding carboxylic acids is 4. The Labute approximate surface area is 269 Å². The maximum atomic E-state index is 14.5. The molecule has 0 radical (unpaired) electrons. The Morgan fingerprint density at radius 3 is 1.40 bits per heavy atom. The minimum Gasteiger partial charge on any atom is -0.419 e. The zero-order valence-corrected chi connectivity index (χ0v) is 26.3. The van der Waals surface area contributed by atoms with Gasteiger partial charge in [0.25, 0.3) is 0 Å². The van der Waals surface area contributed by atoms with Crippen LogP contribution in [0.3, 0.4) is 0 Å². The molecule has 3 aromatic rings. The van der Waals surface area contributed by atoms with Crippen LogP contribution in [0.15, 0.2) is 103 Å². The second-order valence-corrected chi connectivity index (χ2v) is 10.5. The summed E-state index contributed by atoms with van der Waals surface area (Å²) in [5, 5.41) is 0. The summed E-state index contributed by atoms with van der Waals surface area (Å²) in [5.74, 6) is -4.16. The first kappa shape index (κ1) is 35.8. The zero-order valence-electron chi connectivity index (χ0n) is 26.3. The number of ether oxygens (including phenoxy) is 4. The average molecular weight is 649 g/mol. The molecule has 8 nitrogen and oxygen atoms in total. The topological polar surface area (TPSA) is 105 Å². The highest BCUT2D eigenvalue weighted by molar-refractivity contribution is 5.93. The summed E-state index contributed by atoms with van der Waals surface area (Å²) in [7, 11) is 0. The van der Waals surface area contributed by atoms with Gasteiger partial charge in [0.1, 0.15) is 0 Å². The van der Waals surface area contributed by atoms with Crippen molar-refractivity contribution in [2.24, 2.45) is 0 Å². The molecule has 3 aromatic carbocycles. The van der Waals surface area contributed by atoms with Crippen LogP contribution in [0.5, 0.6) is 23.0 Å². The van der Waals surface area contributed by atoms with E-state index in [0.29, 0.717) is 0 Å². The van der Waals surface area contributed by atoms with E-state index in [1.165, 1.54) is 76.2 Å². The van der Waals surface area contributed by atoms with Crippen molar-refractivity contribution in [2.75, 3.05) is 0 Å². The normalized spacial score (nSPS) is 11.3.